The fourth-order valence-electron chi connectivity index (χ4n) is 2.27. The number of hydrogen-bond acceptors (Lipinski definition) is 5. The van der Waals surface area contributed by atoms with E-state index in [1.807, 2.05) is 6.07 Å². The average molecular weight is 361 g/mol. The van der Waals surface area contributed by atoms with E-state index in [0.29, 0.717) is 12.1 Å². The van der Waals surface area contributed by atoms with Crippen molar-refractivity contribution in [1.82, 2.24) is 4.98 Å². The summed E-state index contributed by atoms with van der Waals surface area (Å²) in [4.78, 5) is 4.09. The molecular formula is C17H16FN3O3S. The number of aryl methyl sites for hydroxylation is 1. The van der Waals surface area contributed by atoms with Gasteiger partial charge in [-0.25, -0.2) is 17.8 Å². The van der Waals surface area contributed by atoms with E-state index < -0.39 is 15.8 Å². The zero-order valence-corrected chi connectivity index (χ0v) is 14.2. The van der Waals surface area contributed by atoms with Crippen molar-refractivity contribution in [2.24, 2.45) is 0 Å². The molecule has 0 saturated carbocycles. The van der Waals surface area contributed by atoms with Gasteiger partial charge in [-0.1, -0.05) is 0 Å². The predicted octanol–water partition coefficient (Wildman–Crippen LogP) is 3.54. The third-order valence-corrected chi connectivity index (χ3v) is 4.99. The number of nitrogens with one attached hydrogen (secondary N) is 2. The smallest absolute Gasteiger partial charge is 0.263 e. The number of aromatic nitrogens is 1. The summed E-state index contributed by atoms with van der Waals surface area (Å²) in [5.41, 5.74) is 1.04. The Morgan fingerprint density at radius 2 is 2.04 bits per heavy atom. The van der Waals surface area contributed by atoms with Crippen LogP contribution in [0.5, 0.6) is 0 Å². The molecule has 3 rings (SSSR count). The molecule has 3 aromatic rings. The standard InChI is InChI=1S/C17H16FN3O3S/c1-12-9-13(18)4-6-16(12)25(22,23)21-17-7-5-14(10-20-17)19-11-15-3-2-8-24-15/h2-10,19H,11H2,1H3,(H,20,21). The Bertz CT molecular complexity index is 955. The van der Waals surface area contributed by atoms with Crippen LogP contribution in [0.4, 0.5) is 15.9 Å². The summed E-state index contributed by atoms with van der Waals surface area (Å²) in [6.45, 7) is 2.03. The topological polar surface area (TPSA) is 84.2 Å². The second kappa shape index (κ2) is 6.94. The number of sulfonamides is 1. The van der Waals surface area contributed by atoms with Crippen LogP contribution in [0.15, 0.2) is 64.2 Å². The van der Waals surface area contributed by atoms with Gasteiger partial charge in [0, 0.05) is 0 Å². The van der Waals surface area contributed by atoms with Gasteiger partial charge in [0.15, 0.2) is 0 Å². The third-order valence-electron chi connectivity index (χ3n) is 3.48. The molecule has 2 N–H and O–H groups in total. The molecule has 8 heteroatoms. The van der Waals surface area contributed by atoms with Crippen LogP contribution in [-0.4, -0.2) is 13.4 Å². The normalized spacial score (nSPS) is 11.3. The SMILES string of the molecule is Cc1cc(F)ccc1S(=O)(=O)Nc1ccc(NCc2ccco2)cn1. The van der Waals surface area contributed by atoms with Crippen molar-refractivity contribution < 1.29 is 17.2 Å². The van der Waals surface area contributed by atoms with E-state index in [9.17, 15) is 12.8 Å². The molecule has 2 aromatic heterocycles. The first-order chi connectivity index (χ1) is 11.9. The monoisotopic (exact) mass is 361 g/mol. The number of nitrogens with zero attached hydrogens (tertiary/aromatic N) is 1. The number of furan rings is 1. The zero-order valence-electron chi connectivity index (χ0n) is 13.4. The summed E-state index contributed by atoms with van der Waals surface area (Å²) in [6.07, 6.45) is 3.10. The number of anilines is 2. The highest BCUT2D eigenvalue weighted by atomic mass is 32.2. The van der Waals surface area contributed by atoms with Crippen molar-refractivity contribution in [2.45, 2.75) is 18.4 Å². The van der Waals surface area contributed by atoms with E-state index >= 15 is 0 Å². The van der Waals surface area contributed by atoms with Crippen molar-refractivity contribution >= 4 is 21.5 Å². The van der Waals surface area contributed by atoms with E-state index in [0.717, 1.165) is 17.5 Å². The fourth-order valence-corrected chi connectivity index (χ4v) is 3.50. The maximum absolute atomic E-state index is 13.1. The van der Waals surface area contributed by atoms with Gasteiger partial charge in [-0.05, 0) is 55.0 Å². The predicted molar refractivity (Wildman–Crippen MR) is 92.2 cm³/mol. The first-order valence-electron chi connectivity index (χ1n) is 7.45. The molecule has 0 bridgehead atoms. The van der Waals surface area contributed by atoms with E-state index in [-0.39, 0.29) is 10.7 Å². The van der Waals surface area contributed by atoms with Gasteiger partial charge >= 0.3 is 0 Å². The third kappa shape index (κ3) is 4.16. The molecule has 0 aliphatic carbocycles. The molecule has 130 valence electrons. The van der Waals surface area contributed by atoms with E-state index in [1.54, 1.807) is 24.5 Å². The lowest BCUT2D eigenvalue weighted by Crippen LogP contribution is -2.15. The number of hydrogen-bond donors (Lipinski definition) is 2. The molecule has 0 unspecified atom stereocenters. The van der Waals surface area contributed by atoms with Gasteiger partial charge in [0.2, 0.25) is 0 Å². The maximum atomic E-state index is 13.1. The van der Waals surface area contributed by atoms with Crippen LogP contribution in [0, 0.1) is 12.7 Å². The Kier molecular flexibility index (Phi) is 4.71. The van der Waals surface area contributed by atoms with Gasteiger partial charge in [-0.3, -0.25) is 4.72 Å². The molecular weight excluding hydrogens is 345 g/mol. The minimum atomic E-state index is -3.84. The van der Waals surface area contributed by atoms with Crippen LogP contribution in [0.3, 0.4) is 0 Å². The van der Waals surface area contributed by atoms with Crippen LogP contribution in [-0.2, 0) is 16.6 Å². The van der Waals surface area contributed by atoms with E-state index in [2.05, 4.69) is 15.0 Å². The highest BCUT2D eigenvalue weighted by Gasteiger charge is 2.17. The summed E-state index contributed by atoms with van der Waals surface area (Å²) in [6, 6.07) is 10.4. The van der Waals surface area contributed by atoms with Gasteiger partial charge < -0.3 is 9.73 Å². The molecule has 0 radical (unpaired) electrons. The molecule has 1 aromatic carbocycles. The summed E-state index contributed by atoms with van der Waals surface area (Å²) in [5, 5.41) is 3.11. The van der Waals surface area contributed by atoms with Crippen molar-refractivity contribution in [3.8, 4) is 0 Å². The van der Waals surface area contributed by atoms with Crippen LogP contribution in [0.2, 0.25) is 0 Å². The van der Waals surface area contributed by atoms with Crippen LogP contribution < -0.4 is 10.0 Å². The highest BCUT2D eigenvalue weighted by Crippen LogP contribution is 2.20. The van der Waals surface area contributed by atoms with Gasteiger partial charge in [0.1, 0.15) is 17.4 Å². The van der Waals surface area contributed by atoms with Crippen LogP contribution in [0.1, 0.15) is 11.3 Å². The lowest BCUT2D eigenvalue weighted by atomic mass is 10.2. The summed E-state index contributed by atoms with van der Waals surface area (Å²) < 4.78 is 45.5. The largest absolute Gasteiger partial charge is 0.467 e. The zero-order chi connectivity index (χ0) is 17.9. The van der Waals surface area contributed by atoms with E-state index in [4.69, 9.17) is 4.42 Å². The average Bonchev–Trinajstić information content (AvgIpc) is 3.07. The summed E-state index contributed by atoms with van der Waals surface area (Å²) in [5.74, 6) is 0.463. The second-order valence-electron chi connectivity index (χ2n) is 5.38. The van der Waals surface area contributed by atoms with Gasteiger partial charge in [-0.2, -0.15) is 0 Å². The lowest BCUT2D eigenvalue weighted by molar-refractivity contribution is 0.518. The number of rotatable bonds is 6. The van der Waals surface area contributed by atoms with Crippen molar-refractivity contribution in [3.05, 3.63) is 72.1 Å². The van der Waals surface area contributed by atoms with Crippen molar-refractivity contribution in [1.29, 1.82) is 0 Å². The number of pyridine rings is 1. The Balaban J connectivity index is 1.69. The fraction of sp³-hybridized carbons (Fsp3) is 0.118. The summed E-state index contributed by atoms with van der Waals surface area (Å²) >= 11 is 0. The number of halogens is 1. The Morgan fingerprint density at radius 1 is 1.20 bits per heavy atom. The first kappa shape index (κ1) is 17.0. The molecule has 0 aliphatic rings. The molecule has 0 amide bonds. The second-order valence-corrected chi connectivity index (χ2v) is 7.03. The Morgan fingerprint density at radius 3 is 2.68 bits per heavy atom. The van der Waals surface area contributed by atoms with Gasteiger partial charge in [0.05, 0.1) is 29.6 Å². The molecule has 0 fully saturated rings. The lowest BCUT2D eigenvalue weighted by Gasteiger charge is -2.10. The minimum Gasteiger partial charge on any atom is -0.467 e. The molecule has 0 saturated heterocycles. The molecule has 0 atom stereocenters. The van der Waals surface area contributed by atoms with Gasteiger partial charge in [0.25, 0.3) is 10.0 Å². The summed E-state index contributed by atoms with van der Waals surface area (Å²) in [7, 11) is -3.84. The Labute approximate surface area is 144 Å². The first-order valence-corrected chi connectivity index (χ1v) is 8.94. The van der Waals surface area contributed by atoms with Crippen LogP contribution >= 0.6 is 0 Å². The molecule has 2 heterocycles. The maximum Gasteiger partial charge on any atom is 0.263 e. The van der Waals surface area contributed by atoms with Crippen molar-refractivity contribution in [2.75, 3.05) is 10.0 Å². The van der Waals surface area contributed by atoms with Gasteiger partial charge in [-0.15, -0.1) is 0 Å². The quantitative estimate of drug-likeness (QED) is 0.702. The Hall–Kier alpha value is -2.87. The highest BCUT2D eigenvalue weighted by molar-refractivity contribution is 7.92. The van der Waals surface area contributed by atoms with Crippen molar-refractivity contribution in [3.63, 3.8) is 0 Å². The number of benzene rings is 1. The van der Waals surface area contributed by atoms with E-state index in [1.165, 1.54) is 25.3 Å². The minimum absolute atomic E-state index is 0.00993. The van der Waals surface area contributed by atoms with Crippen LogP contribution in [0.25, 0.3) is 0 Å². The molecule has 6 nitrogen and oxygen atoms in total. The molecule has 0 aliphatic heterocycles. The molecule has 25 heavy (non-hydrogen) atoms. The molecule has 0 spiro atoms.